The SMILES string of the molecule is CCCS(=O)(=O)N1CCN(S(=O)(=O)CCC(=O)O)CC1. The van der Waals surface area contributed by atoms with Crippen LogP contribution >= 0.6 is 0 Å². The highest BCUT2D eigenvalue weighted by molar-refractivity contribution is 7.89. The fraction of sp³-hybridized carbons (Fsp3) is 0.900. The summed E-state index contributed by atoms with van der Waals surface area (Å²) in [6, 6.07) is 0. The monoisotopic (exact) mass is 328 g/mol. The summed E-state index contributed by atoms with van der Waals surface area (Å²) in [5.41, 5.74) is 0. The third kappa shape index (κ3) is 4.69. The highest BCUT2D eigenvalue weighted by Gasteiger charge is 2.31. The third-order valence-corrected chi connectivity index (χ3v) is 6.97. The van der Waals surface area contributed by atoms with Crippen molar-refractivity contribution in [3.8, 4) is 0 Å². The van der Waals surface area contributed by atoms with Gasteiger partial charge < -0.3 is 5.11 Å². The maximum Gasteiger partial charge on any atom is 0.304 e. The van der Waals surface area contributed by atoms with Crippen molar-refractivity contribution in [3.05, 3.63) is 0 Å². The molecular weight excluding hydrogens is 308 g/mol. The topological polar surface area (TPSA) is 112 Å². The van der Waals surface area contributed by atoms with Crippen LogP contribution in [0.3, 0.4) is 0 Å². The van der Waals surface area contributed by atoms with Crippen LogP contribution in [0, 0.1) is 0 Å². The van der Waals surface area contributed by atoms with E-state index in [2.05, 4.69) is 0 Å². The molecule has 1 aliphatic rings. The molecule has 10 heteroatoms. The number of hydrogen-bond acceptors (Lipinski definition) is 5. The normalized spacial score (nSPS) is 19.1. The number of carboxylic acid groups (broad SMARTS) is 1. The van der Waals surface area contributed by atoms with Gasteiger partial charge in [-0.05, 0) is 6.42 Å². The number of aliphatic carboxylic acids is 1. The summed E-state index contributed by atoms with van der Waals surface area (Å²) >= 11 is 0. The zero-order valence-corrected chi connectivity index (χ0v) is 13.0. The van der Waals surface area contributed by atoms with Gasteiger partial charge in [0.15, 0.2) is 0 Å². The number of hydrogen-bond donors (Lipinski definition) is 1. The summed E-state index contributed by atoms with van der Waals surface area (Å²) in [6.07, 6.45) is 0.0656. The Hall–Kier alpha value is -0.710. The van der Waals surface area contributed by atoms with Gasteiger partial charge >= 0.3 is 5.97 Å². The Morgan fingerprint density at radius 3 is 1.70 bits per heavy atom. The van der Waals surface area contributed by atoms with Crippen molar-refractivity contribution in [2.75, 3.05) is 37.7 Å². The Bertz CT molecular complexity index is 534. The van der Waals surface area contributed by atoms with Crippen molar-refractivity contribution < 1.29 is 26.7 Å². The van der Waals surface area contributed by atoms with E-state index < -0.39 is 38.2 Å². The van der Waals surface area contributed by atoms with E-state index in [1.165, 1.54) is 4.31 Å². The molecule has 0 aromatic carbocycles. The average Bonchev–Trinajstić information content (AvgIpc) is 2.37. The maximum absolute atomic E-state index is 11.9. The minimum Gasteiger partial charge on any atom is -0.481 e. The standard InChI is InChI=1S/C10H20N2O6S2/c1-2-8-19(15,16)11-4-6-12(7-5-11)20(17,18)9-3-10(13)14/h2-9H2,1H3,(H,13,14). The van der Waals surface area contributed by atoms with E-state index in [0.717, 1.165) is 4.31 Å². The zero-order chi connectivity index (χ0) is 15.4. The second-order valence-electron chi connectivity index (χ2n) is 4.57. The molecule has 0 aliphatic carbocycles. The van der Waals surface area contributed by atoms with Crippen LogP contribution in [0.4, 0.5) is 0 Å². The molecule has 0 radical (unpaired) electrons. The minimum absolute atomic E-state index is 0.0543. The summed E-state index contributed by atoms with van der Waals surface area (Å²) in [4.78, 5) is 10.4. The van der Waals surface area contributed by atoms with Gasteiger partial charge in [0.2, 0.25) is 20.0 Å². The van der Waals surface area contributed by atoms with Gasteiger partial charge in [0, 0.05) is 26.2 Å². The summed E-state index contributed by atoms with van der Waals surface area (Å²) in [5.74, 6) is -1.57. The first kappa shape index (κ1) is 17.3. The number of piperazine rings is 1. The van der Waals surface area contributed by atoms with Gasteiger partial charge in [-0.2, -0.15) is 8.61 Å². The number of carboxylic acids is 1. The van der Waals surface area contributed by atoms with Gasteiger partial charge in [-0.1, -0.05) is 6.92 Å². The fourth-order valence-corrected chi connectivity index (χ4v) is 4.86. The lowest BCUT2D eigenvalue weighted by Gasteiger charge is -2.33. The Balaban J connectivity index is 2.60. The van der Waals surface area contributed by atoms with Crippen LogP contribution in [0.1, 0.15) is 19.8 Å². The molecule has 0 unspecified atom stereocenters. The molecule has 0 spiro atoms. The largest absolute Gasteiger partial charge is 0.481 e. The van der Waals surface area contributed by atoms with Crippen molar-refractivity contribution in [2.45, 2.75) is 19.8 Å². The van der Waals surface area contributed by atoms with Crippen molar-refractivity contribution in [1.82, 2.24) is 8.61 Å². The van der Waals surface area contributed by atoms with Crippen LogP contribution in [0.15, 0.2) is 0 Å². The average molecular weight is 328 g/mol. The van der Waals surface area contributed by atoms with Crippen molar-refractivity contribution in [1.29, 1.82) is 0 Å². The molecule has 118 valence electrons. The molecule has 1 heterocycles. The van der Waals surface area contributed by atoms with Crippen LogP contribution in [0.25, 0.3) is 0 Å². The minimum atomic E-state index is -3.63. The summed E-state index contributed by atoms with van der Waals surface area (Å²) in [5, 5.41) is 8.51. The highest BCUT2D eigenvalue weighted by Crippen LogP contribution is 2.13. The van der Waals surface area contributed by atoms with E-state index in [4.69, 9.17) is 5.11 Å². The molecule has 0 saturated carbocycles. The quantitative estimate of drug-likeness (QED) is 0.651. The molecule has 1 aliphatic heterocycles. The van der Waals surface area contributed by atoms with Crippen LogP contribution < -0.4 is 0 Å². The fourth-order valence-electron chi connectivity index (χ4n) is 1.96. The van der Waals surface area contributed by atoms with E-state index in [9.17, 15) is 21.6 Å². The van der Waals surface area contributed by atoms with Gasteiger partial charge in [-0.15, -0.1) is 0 Å². The molecule has 1 saturated heterocycles. The molecule has 0 amide bonds. The van der Waals surface area contributed by atoms with E-state index >= 15 is 0 Å². The lowest BCUT2D eigenvalue weighted by molar-refractivity contribution is -0.136. The molecule has 8 nitrogen and oxygen atoms in total. The first-order valence-corrected chi connectivity index (χ1v) is 9.58. The van der Waals surface area contributed by atoms with Gasteiger partial charge in [0.1, 0.15) is 0 Å². The second kappa shape index (κ2) is 6.83. The van der Waals surface area contributed by atoms with Crippen molar-refractivity contribution in [3.63, 3.8) is 0 Å². The number of rotatable bonds is 7. The second-order valence-corrected chi connectivity index (χ2v) is 8.75. The Kier molecular flexibility index (Phi) is 5.92. The molecule has 1 N–H and O–H groups in total. The first-order valence-electron chi connectivity index (χ1n) is 6.36. The lowest BCUT2D eigenvalue weighted by Crippen LogP contribution is -2.51. The molecule has 0 atom stereocenters. The summed E-state index contributed by atoms with van der Waals surface area (Å²) < 4.78 is 49.9. The Morgan fingerprint density at radius 1 is 0.950 bits per heavy atom. The maximum atomic E-state index is 11.9. The predicted molar refractivity (Wildman–Crippen MR) is 73.3 cm³/mol. The summed E-state index contributed by atoms with van der Waals surface area (Å²) in [6.45, 7) is 2.16. The highest BCUT2D eigenvalue weighted by atomic mass is 32.2. The molecule has 0 bridgehead atoms. The zero-order valence-electron chi connectivity index (χ0n) is 11.4. The van der Waals surface area contributed by atoms with Crippen LogP contribution in [0.2, 0.25) is 0 Å². The first-order chi connectivity index (χ1) is 9.19. The molecule has 1 fully saturated rings. The van der Waals surface area contributed by atoms with Gasteiger partial charge in [-0.3, -0.25) is 4.79 Å². The van der Waals surface area contributed by atoms with Gasteiger partial charge in [-0.25, -0.2) is 16.8 Å². The van der Waals surface area contributed by atoms with E-state index in [0.29, 0.717) is 6.42 Å². The molecular formula is C10H20N2O6S2. The molecule has 20 heavy (non-hydrogen) atoms. The smallest absolute Gasteiger partial charge is 0.304 e. The van der Waals surface area contributed by atoms with Crippen LogP contribution in [-0.2, 0) is 24.8 Å². The van der Waals surface area contributed by atoms with Gasteiger partial charge in [0.25, 0.3) is 0 Å². The number of nitrogens with zero attached hydrogens (tertiary/aromatic N) is 2. The number of sulfonamides is 2. The molecule has 0 aromatic rings. The number of carbonyl (C=O) groups is 1. The van der Waals surface area contributed by atoms with Crippen LogP contribution in [-0.4, -0.2) is 74.2 Å². The van der Waals surface area contributed by atoms with E-state index in [-0.39, 0.29) is 31.9 Å². The molecule has 0 aromatic heterocycles. The van der Waals surface area contributed by atoms with E-state index in [1.54, 1.807) is 6.92 Å². The lowest BCUT2D eigenvalue weighted by atomic mass is 10.4. The van der Waals surface area contributed by atoms with Crippen molar-refractivity contribution >= 4 is 26.0 Å². The molecule has 1 rings (SSSR count). The summed E-state index contributed by atoms with van der Waals surface area (Å²) in [7, 11) is -6.94. The van der Waals surface area contributed by atoms with Crippen molar-refractivity contribution in [2.24, 2.45) is 0 Å². The Labute approximate surface area is 119 Å². The van der Waals surface area contributed by atoms with Crippen LogP contribution in [0.5, 0.6) is 0 Å². The third-order valence-electron chi connectivity index (χ3n) is 3.02. The predicted octanol–water partition coefficient (Wildman–Crippen LogP) is -0.852. The van der Waals surface area contributed by atoms with Gasteiger partial charge in [0.05, 0.1) is 17.9 Å². The Morgan fingerprint density at radius 2 is 1.35 bits per heavy atom. The van der Waals surface area contributed by atoms with E-state index in [1.807, 2.05) is 0 Å².